The van der Waals surface area contributed by atoms with Crippen LogP contribution in [0.3, 0.4) is 0 Å². The molecule has 0 saturated carbocycles. The van der Waals surface area contributed by atoms with Crippen molar-refractivity contribution in [2.75, 3.05) is 47.5 Å². The van der Waals surface area contributed by atoms with Gasteiger partial charge < -0.3 is 27.9 Å². The summed E-state index contributed by atoms with van der Waals surface area (Å²) in [6.45, 7) is 4.31. The number of unbranched alkanes of at least 4 members (excludes halogenated alkanes) is 50. The molecule has 0 rings (SSSR count). The predicted molar refractivity (Wildman–Crippen MR) is 351 cm³/mol. The number of carbonyl (C=O) groups is 2. The number of nitrogens with zero attached hydrogens (tertiary/aromatic N) is 1. The fourth-order valence-electron chi connectivity index (χ4n) is 10.9. The number of phosphoric acid groups is 1. The Morgan fingerprint density at radius 1 is 0.378 bits per heavy atom. The Morgan fingerprint density at radius 3 is 0.963 bits per heavy atom. The summed E-state index contributed by atoms with van der Waals surface area (Å²) < 4.78 is 34.4. The summed E-state index contributed by atoms with van der Waals surface area (Å²) in [5, 5.41) is 0. The minimum atomic E-state index is -4.64. The van der Waals surface area contributed by atoms with Gasteiger partial charge in [-0.05, 0) is 44.9 Å². The molecule has 0 aliphatic carbocycles. The first-order chi connectivity index (χ1) is 40.0. The lowest BCUT2D eigenvalue weighted by molar-refractivity contribution is -0.870. The van der Waals surface area contributed by atoms with Gasteiger partial charge in [0.25, 0.3) is 7.82 Å². The van der Waals surface area contributed by atoms with Crippen LogP contribution in [0.5, 0.6) is 0 Å². The van der Waals surface area contributed by atoms with E-state index >= 15 is 0 Å². The van der Waals surface area contributed by atoms with E-state index in [0.29, 0.717) is 17.4 Å². The molecule has 0 amide bonds. The van der Waals surface area contributed by atoms with Crippen LogP contribution < -0.4 is 4.89 Å². The van der Waals surface area contributed by atoms with E-state index in [2.05, 4.69) is 38.2 Å². The van der Waals surface area contributed by atoms with Crippen LogP contribution in [0, 0.1) is 0 Å². The van der Waals surface area contributed by atoms with Crippen LogP contribution in [0.25, 0.3) is 0 Å². The Labute approximate surface area is 510 Å². The van der Waals surface area contributed by atoms with Gasteiger partial charge in [0, 0.05) is 12.8 Å². The van der Waals surface area contributed by atoms with Gasteiger partial charge in [-0.2, -0.15) is 0 Å². The largest absolute Gasteiger partial charge is 0.756 e. The van der Waals surface area contributed by atoms with Crippen molar-refractivity contribution >= 4 is 19.8 Å². The van der Waals surface area contributed by atoms with E-state index in [-0.39, 0.29) is 32.0 Å². The molecule has 9 nitrogen and oxygen atoms in total. The monoisotopic (exact) mass is 1180 g/mol. The van der Waals surface area contributed by atoms with E-state index < -0.39 is 26.5 Å². The van der Waals surface area contributed by atoms with Crippen molar-refractivity contribution in [1.82, 2.24) is 0 Å². The molecule has 2 unspecified atom stereocenters. The van der Waals surface area contributed by atoms with Gasteiger partial charge in [0.05, 0.1) is 27.7 Å². The average molecular weight is 1180 g/mol. The fraction of sp³-hybridized carbons (Fsp3) is 0.917. The van der Waals surface area contributed by atoms with Crippen LogP contribution >= 0.6 is 7.82 Å². The highest BCUT2D eigenvalue weighted by Crippen LogP contribution is 2.38. The molecular weight excluding hydrogens is 1040 g/mol. The first-order valence-corrected chi connectivity index (χ1v) is 37.5. The zero-order chi connectivity index (χ0) is 59.8. The third-order valence-corrected chi connectivity index (χ3v) is 17.4. The molecule has 82 heavy (non-hydrogen) atoms. The first-order valence-electron chi connectivity index (χ1n) is 36.0. The van der Waals surface area contributed by atoms with E-state index in [1.807, 2.05) is 21.1 Å². The van der Waals surface area contributed by atoms with Crippen molar-refractivity contribution in [1.29, 1.82) is 0 Å². The second-order valence-electron chi connectivity index (χ2n) is 26.0. The van der Waals surface area contributed by atoms with E-state index in [0.717, 1.165) is 38.5 Å². The van der Waals surface area contributed by atoms with Gasteiger partial charge in [0.1, 0.15) is 19.8 Å². The molecule has 0 heterocycles. The summed E-state index contributed by atoms with van der Waals surface area (Å²) in [6, 6.07) is 0. The molecule has 10 heteroatoms. The molecular formula is C72H140NO8P. The number of rotatable bonds is 68. The number of hydrogen-bond acceptors (Lipinski definition) is 8. The molecule has 0 bridgehead atoms. The molecule has 0 N–H and O–H groups in total. The molecule has 2 atom stereocenters. The quantitative estimate of drug-likeness (QED) is 0.0195. The van der Waals surface area contributed by atoms with E-state index in [4.69, 9.17) is 18.5 Å². The van der Waals surface area contributed by atoms with Crippen LogP contribution in [0.4, 0.5) is 0 Å². The lowest BCUT2D eigenvalue weighted by Crippen LogP contribution is -2.37. The normalized spacial score (nSPS) is 13.2. The van der Waals surface area contributed by atoms with E-state index in [1.165, 1.54) is 302 Å². The van der Waals surface area contributed by atoms with Crippen molar-refractivity contribution in [3.05, 3.63) is 24.3 Å². The number of likely N-dealkylation sites (N-methyl/N-ethyl adjacent to an activating group) is 1. The highest BCUT2D eigenvalue weighted by atomic mass is 31.2. The average Bonchev–Trinajstić information content (AvgIpc) is 3.46. The third kappa shape index (κ3) is 67.6. The van der Waals surface area contributed by atoms with Gasteiger partial charge in [-0.1, -0.05) is 340 Å². The van der Waals surface area contributed by atoms with Crippen molar-refractivity contribution in [3.8, 4) is 0 Å². The summed E-state index contributed by atoms with van der Waals surface area (Å²) in [6.07, 6.45) is 79.9. The van der Waals surface area contributed by atoms with E-state index in [9.17, 15) is 19.0 Å². The maximum atomic E-state index is 12.9. The van der Waals surface area contributed by atoms with Crippen molar-refractivity contribution in [2.45, 2.75) is 380 Å². The van der Waals surface area contributed by atoms with Gasteiger partial charge >= 0.3 is 11.9 Å². The molecule has 0 aromatic heterocycles. The Kier molecular flexibility index (Phi) is 62.8. The number of esters is 2. The fourth-order valence-corrected chi connectivity index (χ4v) is 11.7. The highest BCUT2D eigenvalue weighted by Gasteiger charge is 2.22. The van der Waals surface area contributed by atoms with Crippen LogP contribution in [0.15, 0.2) is 24.3 Å². The van der Waals surface area contributed by atoms with Gasteiger partial charge in [-0.3, -0.25) is 14.2 Å². The summed E-state index contributed by atoms with van der Waals surface area (Å²) in [4.78, 5) is 38.1. The number of hydrogen-bond donors (Lipinski definition) is 0. The second-order valence-corrected chi connectivity index (χ2v) is 27.4. The predicted octanol–water partition coefficient (Wildman–Crippen LogP) is 22.6. The third-order valence-electron chi connectivity index (χ3n) is 16.5. The highest BCUT2D eigenvalue weighted by molar-refractivity contribution is 7.45. The maximum absolute atomic E-state index is 12.9. The number of ether oxygens (including phenoxy) is 2. The van der Waals surface area contributed by atoms with Crippen LogP contribution in [-0.4, -0.2) is 70.0 Å². The SMILES string of the molecule is CCCCCCC/C=C\C/C=C\CCCCCCCCCCCCCCCCCCCCCCCC(=O)OC(COC(=O)CCCCCCCCCCCCCCCCCCCCCCCCCCC)COP(=O)([O-])OCC[N+](C)(C)C. The lowest BCUT2D eigenvalue weighted by atomic mass is 10.0. The zero-order valence-corrected chi connectivity index (χ0v) is 56.4. The van der Waals surface area contributed by atoms with Gasteiger partial charge in [0.15, 0.2) is 6.10 Å². The maximum Gasteiger partial charge on any atom is 0.306 e. The van der Waals surface area contributed by atoms with Gasteiger partial charge in [-0.25, -0.2) is 0 Å². The van der Waals surface area contributed by atoms with Crippen molar-refractivity contribution in [2.24, 2.45) is 0 Å². The van der Waals surface area contributed by atoms with E-state index in [1.54, 1.807) is 0 Å². The summed E-state index contributed by atoms with van der Waals surface area (Å²) in [5.74, 6) is -0.807. The summed E-state index contributed by atoms with van der Waals surface area (Å²) in [7, 11) is 1.19. The molecule has 0 aromatic carbocycles. The lowest BCUT2D eigenvalue weighted by Gasteiger charge is -2.28. The molecule has 486 valence electrons. The van der Waals surface area contributed by atoms with Crippen LogP contribution in [-0.2, 0) is 32.7 Å². The molecule has 0 radical (unpaired) electrons. The smallest absolute Gasteiger partial charge is 0.306 e. The number of phosphoric ester groups is 1. The van der Waals surface area contributed by atoms with Gasteiger partial charge in [-0.15, -0.1) is 0 Å². The number of quaternary nitrogens is 1. The molecule has 0 aliphatic rings. The Morgan fingerprint density at radius 2 is 0.659 bits per heavy atom. The Balaban J connectivity index is 3.96. The molecule has 0 fully saturated rings. The number of allylic oxidation sites excluding steroid dienone is 4. The van der Waals surface area contributed by atoms with Crippen LogP contribution in [0.1, 0.15) is 373 Å². The number of carbonyl (C=O) groups excluding carboxylic acids is 2. The standard InChI is InChI=1S/C72H140NO8P/c1-6-8-10-12-14-16-18-20-22-24-26-28-30-32-33-34-35-36-37-38-39-41-43-45-47-49-51-53-55-57-59-61-63-65-72(75)81-70(69-80-82(76,77)79-67-66-73(3,4)5)68-78-71(74)64-62-60-58-56-54-52-50-48-46-44-42-40-31-29-27-25-23-21-19-17-15-13-11-9-7-2/h18,20,24,26,70H,6-17,19,21-23,25,27-69H2,1-5H3/b20-18-,26-24-. The van der Waals surface area contributed by atoms with Crippen molar-refractivity contribution < 1.29 is 42.1 Å². The van der Waals surface area contributed by atoms with Crippen LogP contribution in [0.2, 0.25) is 0 Å². The Bertz CT molecular complexity index is 1430. The Hall–Kier alpha value is -1.51. The molecule has 0 spiro atoms. The van der Waals surface area contributed by atoms with Crippen molar-refractivity contribution in [3.63, 3.8) is 0 Å². The first kappa shape index (κ1) is 80.5. The molecule has 0 aromatic rings. The topological polar surface area (TPSA) is 111 Å². The second kappa shape index (κ2) is 64.0. The zero-order valence-electron chi connectivity index (χ0n) is 55.5. The molecule has 0 saturated heterocycles. The summed E-state index contributed by atoms with van der Waals surface area (Å²) >= 11 is 0. The minimum Gasteiger partial charge on any atom is -0.756 e. The summed E-state index contributed by atoms with van der Waals surface area (Å²) in [5.41, 5.74) is 0. The minimum absolute atomic E-state index is 0.0265. The molecule has 0 aliphatic heterocycles. The van der Waals surface area contributed by atoms with Gasteiger partial charge in [0.2, 0.25) is 0 Å².